The minimum absolute atomic E-state index is 0.161. The minimum Gasteiger partial charge on any atom is -0.0639 e. The Hall–Kier alpha value is -4.16. The molecule has 0 bridgehead atoms. The molecule has 0 radical (unpaired) electrons. The first-order valence-corrected chi connectivity index (χ1v) is 15.2. The van der Waals surface area contributed by atoms with Gasteiger partial charge in [0, 0.05) is 17.3 Å². The van der Waals surface area contributed by atoms with Crippen molar-refractivity contribution in [3.8, 4) is 11.1 Å². The summed E-state index contributed by atoms with van der Waals surface area (Å²) in [6.07, 6.45) is 4.52. The molecular weight excluding hydrogens is 492 g/mol. The molecule has 0 amide bonds. The molecule has 0 heteroatoms. The van der Waals surface area contributed by atoms with Gasteiger partial charge in [0.25, 0.3) is 0 Å². The van der Waals surface area contributed by atoms with Crippen LogP contribution < -0.4 is 0 Å². The van der Waals surface area contributed by atoms with Crippen molar-refractivity contribution in [1.82, 2.24) is 0 Å². The Morgan fingerprint density at radius 2 is 1.10 bits per heavy atom. The molecule has 7 rings (SSSR count). The average molecular weight is 531 g/mol. The number of aryl methyl sites for hydroxylation is 3. The normalized spacial score (nSPS) is 15.8. The maximum absolute atomic E-state index is 2.53. The molecule has 0 saturated carbocycles. The SMILES string of the molecule is CCc1ccc2c(c1)C(C(c1ccccc1)(c1ccccc1)C1C(C)=Cc3cccc(C)c31)c1cc(CC)ccc1-2. The highest BCUT2D eigenvalue weighted by Gasteiger charge is 2.55. The van der Waals surface area contributed by atoms with Crippen molar-refractivity contribution >= 4 is 6.08 Å². The van der Waals surface area contributed by atoms with E-state index >= 15 is 0 Å². The Bertz CT molecular complexity index is 1680. The number of hydrogen-bond donors (Lipinski definition) is 0. The van der Waals surface area contributed by atoms with E-state index < -0.39 is 0 Å². The number of allylic oxidation sites excluding steroid dienone is 1. The Labute approximate surface area is 245 Å². The zero-order valence-electron chi connectivity index (χ0n) is 24.6. The van der Waals surface area contributed by atoms with Crippen LogP contribution in [0, 0.1) is 6.92 Å². The van der Waals surface area contributed by atoms with Gasteiger partial charge in [-0.15, -0.1) is 0 Å². The second kappa shape index (κ2) is 10.0. The molecule has 1 unspecified atom stereocenters. The van der Waals surface area contributed by atoms with Crippen LogP contribution in [0.1, 0.15) is 82.7 Å². The molecule has 202 valence electrons. The number of hydrogen-bond acceptors (Lipinski definition) is 0. The summed E-state index contributed by atoms with van der Waals surface area (Å²) in [5.74, 6) is 0.358. The van der Waals surface area contributed by atoms with Crippen molar-refractivity contribution in [1.29, 1.82) is 0 Å². The van der Waals surface area contributed by atoms with E-state index in [2.05, 4.69) is 149 Å². The summed E-state index contributed by atoms with van der Waals surface area (Å²) in [5.41, 5.74) is 16.6. The Morgan fingerprint density at radius 1 is 0.561 bits per heavy atom. The monoisotopic (exact) mass is 530 g/mol. The average Bonchev–Trinajstić information content (AvgIpc) is 3.53. The maximum Gasteiger partial charge on any atom is 0.0418 e. The molecular formula is C41H38. The predicted octanol–water partition coefficient (Wildman–Crippen LogP) is 10.4. The van der Waals surface area contributed by atoms with E-state index in [-0.39, 0.29) is 17.3 Å². The third kappa shape index (κ3) is 3.81. The zero-order chi connectivity index (χ0) is 28.1. The fraction of sp³-hybridized carbons (Fsp3) is 0.220. The van der Waals surface area contributed by atoms with Gasteiger partial charge in [-0.1, -0.05) is 141 Å². The van der Waals surface area contributed by atoms with E-state index in [1.54, 1.807) is 0 Å². The van der Waals surface area contributed by atoms with Crippen LogP contribution >= 0.6 is 0 Å². The first-order valence-electron chi connectivity index (χ1n) is 15.2. The molecule has 5 aromatic carbocycles. The third-order valence-corrected chi connectivity index (χ3v) is 9.86. The van der Waals surface area contributed by atoms with Crippen LogP contribution in [0.15, 0.2) is 121 Å². The van der Waals surface area contributed by atoms with Crippen molar-refractivity contribution in [2.45, 2.75) is 57.8 Å². The molecule has 0 fully saturated rings. The van der Waals surface area contributed by atoms with Crippen molar-refractivity contribution in [3.05, 3.63) is 171 Å². The van der Waals surface area contributed by atoms with Gasteiger partial charge in [-0.05, 0) is 87.9 Å². The minimum atomic E-state index is -0.348. The van der Waals surface area contributed by atoms with E-state index in [9.17, 15) is 0 Å². The standard InChI is InChI=1S/C41H38/c1-5-29-20-22-34-35-23-21-30(6-2)26-37(35)40(36(34)25-29)41(32-16-9-7-10-17-32,33-18-11-8-12-19-33)39-28(4)24-31-15-13-14-27(3)38(31)39/h7-26,39-40H,5-6H2,1-4H3. The highest BCUT2D eigenvalue weighted by Crippen LogP contribution is 2.64. The summed E-state index contributed by atoms with van der Waals surface area (Å²) in [6, 6.07) is 44.2. The van der Waals surface area contributed by atoms with Gasteiger partial charge in [0.1, 0.15) is 0 Å². The Morgan fingerprint density at radius 3 is 1.61 bits per heavy atom. The maximum atomic E-state index is 2.53. The van der Waals surface area contributed by atoms with Crippen LogP contribution in [0.4, 0.5) is 0 Å². The molecule has 41 heavy (non-hydrogen) atoms. The van der Waals surface area contributed by atoms with Gasteiger partial charge in [0.05, 0.1) is 0 Å². The molecule has 0 saturated heterocycles. The molecule has 0 aliphatic heterocycles. The van der Waals surface area contributed by atoms with Crippen LogP contribution in [0.25, 0.3) is 17.2 Å². The molecule has 0 spiro atoms. The predicted molar refractivity (Wildman–Crippen MR) is 174 cm³/mol. The van der Waals surface area contributed by atoms with Crippen LogP contribution in [0.2, 0.25) is 0 Å². The van der Waals surface area contributed by atoms with Gasteiger partial charge in [0.2, 0.25) is 0 Å². The van der Waals surface area contributed by atoms with Crippen LogP contribution in [0.3, 0.4) is 0 Å². The Balaban J connectivity index is 1.67. The van der Waals surface area contributed by atoms with Gasteiger partial charge < -0.3 is 0 Å². The van der Waals surface area contributed by atoms with Crippen molar-refractivity contribution in [2.24, 2.45) is 0 Å². The molecule has 2 aliphatic rings. The number of benzene rings is 5. The summed E-state index contributed by atoms with van der Waals surface area (Å²) >= 11 is 0. The molecule has 0 heterocycles. The number of rotatable bonds is 6. The highest BCUT2D eigenvalue weighted by molar-refractivity contribution is 5.83. The molecule has 5 aromatic rings. The third-order valence-electron chi connectivity index (χ3n) is 9.86. The van der Waals surface area contributed by atoms with Gasteiger partial charge in [0.15, 0.2) is 0 Å². The van der Waals surface area contributed by atoms with E-state index in [1.807, 2.05) is 0 Å². The summed E-state index contributed by atoms with van der Waals surface area (Å²) < 4.78 is 0. The van der Waals surface area contributed by atoms with E-state index in [0.717, 1.165) is 12.8 Å². The van der Waals surface area contributed by atoms with E-state index in [0.29, 0.717) is 0 Å². The lowest BCUT2D eigenvalue weighted by atomic mass is 9.54. The second-order valence-electron chi connectivity index (χ2n) is 12.0. The van der Waals surface area contributed by atoms with Crippen molar-refractivity contribution < 1.29 is 0 Å². The molecule has 0 N–H and O–H groups in total. The lowest BCUT2D eigenvalue weighted by molar-refractivity contribution is 0.404. The van der Waals surface area contributed by atoms with Crippen LogP contribution in [-0.4, -0.2) is 0 Å². The largest absolute Gasteiger partial charge is 0.0639 e. The van der Waals surface area contributed by atoms with Crippen molar-refractivity contribution in [3.63, 3.8) is 0 Å². The van der Waals surface area contributed by atoms with Gasteiger partial charge in [-0.2, -0.15) is 0 Å². The van der Waals surface area contributed by atoms with Crippen molar-refractivity contribution in [2.75, 3.05) is 0 Å². The van der Waals surface area contributed by atoms with Gasteiger partial charge in [-0.3, -0.25) is 0 Å². The molecule has 0 nitrogen and oxygen atoms in total. The quantitative estimate of drug-likeness (QED) is 0.205. The molecule has 0 aromatic heterocycles. The van der Waals surface area contributed by atoms with Crippen LogP contribution in [0.5, 0.6) is 0 Å². The summed E-state index contributed by atoms with van der Waals surface area (Å²) in [5, 5.41) is 0. The Kier molecular flexibility index (Phi) is 6.31. The molecule has 1 atom stereocenters. The van der Waals surface area contributed by atoms with Crippen LogP contribution in [-0.2, 0) is 18.3 Å². The van der Waals surface area contributed by atoms with E-state index in [4.69, 9.17) is 0 Å². The fourth-order valence-corrected chi connectivity index (χ4v) is 8.09. The van der Waals surface area contributed by atoms with E-state index in [1.165, 1.54) is 66.8 Å². The lowest BCUT2D eigenvalue weighted by Crippen LogP contribution is -2.41. The summed E-state index contributed by atoms with van der Waals surface area (Å²) in [7, 11) is 0. The van der Waals surface area contributed by atoms with Gasteiger partial charge >= 0.3 is 0 Å². The lowest BCUT2D eigenvalue weighted by Gasteiger charge is -2.47. The topological polar surface area (TPSA) is 0 Å². The first kappa shape index (κ1) is 25.8. The number of fused-ring (bicyclic) bond motifs is 4. The second-order valence-corrected chi connectivity index (χ2v) is 12.0. The smallest absolute Gasteiger partial charge is 0.0418 e. The van der Waals surface area contributed by atoms with Gasteiger partial charge in [-0.25, -0.2) is 0 Å². The molecule has 2 aliphatic carbocycles. The fourth-order valence-electron chi connectivity index (χ4n) is 8.09. The zero-order valence-corrected chi connectivity index (χ0v) is 24.6. The first-order chi connectivity index (χ1) is 20.1. The summed E-state index contributed by atoms with van der Waals surface area (Å²) in [4.78, 5) is 0. The summed E-state index contributed by atoms with van der Waals surface area (Å²) in [6.45, 7) is 9.23. The highest BCUT2D eigenvalue weighted by atomic mass is 14.6.